The Labute approximate surface area is 98.6 Å². The lowest BCUT2D eigenvalue weighted by molar-refractivity contribution is -0.384. The van der Waals surface area contributed by atoms with Crippen molar-refractivity contribution in [2.24, 2.45) is 0 Å². The van der Waals surface area contributed by atoms with E-state index < -0.39 is 4.92 Å². The second-order valence-corrected chi connectivity index (χ2v) is 3.83. The molecule has 0 spiro atoms. The number of rotatable bonds is 2. The Balaban J connectivity index is 2.55. The highest BCUT2D eigenvalue weighted by Crippen LogP contribution is 2.26. The standard InChI is InChI=1S/C9H6BrN3O3/c1-5-2-3-6(13(14)15)4-7(5)8-11-9(10)12-16-8/h2-4H,1H3. The zero-order valence-corrected chi connectivity index (χ0v) is 9.76. The van der Waals surface area contributed by atoms with Crippen molar-refractivity contribution in [3.63, 3.8) is 0 Å². The van der Waals surface area contributed by atoms with E-state index in [9.17, 15) is 10.1 Å². The van der Waals surface area contributed by atoms with E-state index in [-0.39, 0.29) is 11.6 Å². The largest absolute Gasteiger partial charge is 0.333 e. The minimum Gasteiger partial charge on any atom is -0.333 e. The van der Waals surface area contributed by atoms with Crippen LogP contribution in [0.3, 0.4) is 0 Å². The second kappa shape index (κ2) is 4.01. The first-order valence-corrected chi connectivity index (χ1v) is 5.12. The van der Waals surface area contributed by atoms with Crippen LogP contribution in [0.15, 0.2) is 27.5 Å². The van der Waals surface area contributed by atoms with Crippen LogP contribution in [0.5, 0.6) is 0 Å². The lowest BCUT2D eigenvalue weighted by Crippen LogP contribution is -1.90. The number of hydrogen-bond donors (Lipinski definition) is 0. The van der Waals surface area contributed by atoms with Crippen molar-refractivity contribution in [1.29, 1.82) is 0 Å². The van der Waals surface area contributed by atoms with Crippen LogP contribution >= 0.6 is 15.9 Å². The van der Waals surface area contributed by atoms with Gasteiger partial charge in [0.15, 0.2) is 0 Å². The van der Waals surface area contributed by atoms with Gasteiger partial charge in [0.05, 0.1) is 4.92 Å². The van der Waals surface area contributed by atoms with Crippen LogP contribution in [-0.2, 0) is 0 Å². The van der Waals surface area contributed by atoms with Crippen molar-refractivity contribution < 1.29 is 9.45 Å². The van der Waals surface area contributed by atoms with Gasteiger partial charge >= 0.3 is 0 Å². The van der Waals surface area contributed by atoms with Gasteiger partial charge in [-0.15, -0.1) is 0 Å². The normalized spacial score (nSPS) is 10.4. The number of benzene rings is 1. The average molecular weight is 284 g/mol. The van der Waals surface area contributed by atoms with Gasteiger partial charge in [0.25, 0.3) is 11.6 Å². The molecule has 0 amide bonds. The molecule has 1 aromatic heterocycles. The Kier molecular flexibility index (Phi) is 2.69. The summed E-state index contributed by atoms with van der Waals surface area (Å²) in [6.07, 6.45) is 0. The van der Waals surface area contributed by atoms with E-state index in [1.807, 2.05) is 6.92 Å². The molecule has 0 aliphatic rings. The summed E-state index contributed by atoms with van der Waals surface area (Å²) in [7, 11) is 0. The van der Waals surface area contributed by atoms with Crippen molar-refractivity contribution in [2.45, 2.75) is 6.92 Å². The molecule has 0 saturated heterocycles. The fraction of sp³-hybridized carbons (Fsp3) is 0.111. The Morgan fingerprint density at radius 2 is 2.25 bits per heavy atom. The highest BCUT2D eigenvalue weighted by atomic mass is 79.9. The van der Waals surface area contributed by atoms with Crippen LogP contribution in [0.1, 0.15) is 5.56 Å². The van der Waals surface area contributed by atoms with Crippen LogP contribution in [0.25, 0.3) is 11.5 Å². The Morgan fingerprint density at radius 3 is 2.81 bits per heavy atom. The molecule has 1 aromatic carbocycles. The fourth-order valence-electron chi connectivity index (χ4n) is 1.27. The van der Waals surface area contributed by atoms with E-state index in [1.54, 1.807) is 6.07 Å². The second-order valence-electron chi connectivity index (χ2n) is 3.12. The number of nitro groups is 1. The van der Waals surface area contributed by atoms with Crippen molar-refractivity contribution in [2.75, 3.05) is 0 Å². The fourth-order valence-corrected chi connectivity index (χ4v) is 1.50. The number of aromatic nitrogens is 2. The lowest BCUT2D eigenvalue weighted by Gasteiger charge is -1.99. The Bertz CT molecular complexity index is 553. The SMILES string of the molecule is Cc1ccc([N+](=O)[O-])cc1-c1nc(Br)no1. The maximum absolute atomic E-state index is 10.6. The molecule has 0 radical (unpaired) electrons. The van der Waals surface area contributed by atoms with Gasteiger partial charge in [0.1, 0.15) is 0 Å². The number of nitro benzene ring substituents is 1. The molecule has 82 valence electrons. The average Bonchev–Trinajstić information content (AvgIpc) is 2.65. The summed E-state index contributed by atoms with van der Waals surface area (Å²) in [6.45, 7) is 1.82. The molecule has 2 rings (SSSR count). The minimum absolute atomic E-state index is 0.00470. The molecule has 2 aromatic rings. The van der Waals surface area contributed by atoms with E-state index in [0.29, 0.717) is 10.3 Å². The topological polar surface area (TPSA) is 82.1 Å². The molecule has 16 heavy (non-hydrogen) atoms. The quantitative estimate of drug-likeness (QED) is 0.625. The monoisotopic (exact) mass is 283 g/mol. The molecule has 0 saturated carbocycles. The first-order chi connectivity index (χ1) is 7.58. The summed E-state index contributed by atoms with van der Waals surface area (Å²) in [5.74, 6) is 0.257. The van der Waals surface area contributed by atoms with Crippen LogP contribution in [0.4, 0.5) is 5.69 Å². The summed E-state index contributed by atoms with van der Waals surface area (Å²) >= 11 is 3.05. The molecule has 0 fully saturated rings. The van der Waals surface area contributed by atoms with Gasteiger partial charge < -0.3 is 4.52 Å². The smallest absolute Gasteiger partial charge is 0.270 e. The summed E-state index contributed by atoms with van der Waals surface area (Å²) in [4.78, 5) is 14.1. The molecule has 0 aliphatic carbocycles. The van der Waals surface area contributed by atoms with Gasteiger partial charge in [-0.05, 0) is 33.6 Å². The predicted octanol–water partition coefficient (Wildman–Crippen LogP) is 2.72. The van der Waals surface area contributed by atoms with Gasteiger partial charge in [0.2, 0.25) is 4.73 Å². The minimum atomic E-state index is -0.464. The third-order valence-electron chi connectivity index (χ3n) is 2.06. The molecule has 0 aliphatic heterocycles. The van der Waals surface area contributed by atoms with Crippen LogP contribution in [0.2, 0.25) is 0 Å². The van der Waals surface area contributed by atoms with Gasteiger partial charge in [0, 0.05) is 17.7 Å². The van der Waals surface area contributed by atoms with Gasteiger partial charge in [-0.1, -0.05) is 6.07 Å². The Hall–Kier alpha value is -1.76. The number of halogens is 1. The molecular weight excluding hydrogens is 278 g/mol. The summed E-state index contributed by atoms with van der Waals surface area (Å²) < 4.78 is 5.25. The number of non-ortho nitro benzene ring substituents is 1. The molecule has 7 heteroatoms. The summed E-state index contributed by atoms with van der Waals surface area (Å²) in [5.41, 5.74) is 1.39. The van der Waals surface area contributed by atoms with Crippen molar-refractivity contribution in [1.82, 2.24) is 10.1 Å². The number of hydrogen-bond acceptors (Lipinski definition) is 5. The van der Waals surface area contributed by atoms with Crippen molar-refractivity contribution in [3.05, 3.63) is 38.6 Å². The van der Waals surface area contributed by atoms with E-state index in [4.69, 9.17) is 4.52 Å². The molecule has 1 heterocycles. The predicted molar refractivity (Wildman–Crippen MR) is 58.8 cm³/mol. The first kappa shape index (κ1) is 10.7. The van der Waals surface area contributed by atoms with E-state index in [0.717, 1.165) is 5.56 Å². The summed E-state index contributed by atoms with van der Waals surface area (Å²) in [6, 6.07) is 4.49. The van der Waals surface area contributed by atoms with Crippen LogP contribution < -0.4 is 0 Å². The maximum atomic E-state index is 10.6. The third kappa shape index (κ3) is 1.94. The van der Waals surface area contributed by atoms with E-state index in [2.05, 4.69) is 26.1 Å². The van der Waals surface area contributed by atoms with Crippen molar-refractivity contribution >= 4 is 21.6 Å². The molecule has 6 nitrogen and oxygen atoms in total. The van der Waals surface area contributed by atoms with E-state index in [1.165, 1.54) is 12.1 Å². The molecule has 0 atom stereocenters. The number of nitrogens with zero attached hydrogens (tertiary/aromatic N) is 3. The molecule has 0 bridgehead atoms. The van der Waals surface area contributed by atoms with Crippen LogP contribution in [0, 0.1) is 17.0 Å². The van der Waals surface area contributed by atoms with Gasteiger partial charge in [-0.2, -0.15) is 4.98 Å². The zero-order valence-electron chi connectivity index (χ0n) is 8.18. The van der Waals surface area contributed by atoms with Gasteiger partial charge in [-0.25, -0.2) is 0 Å². The molecule has 0 N–H and O–H groups in total. The van der Waals surface area contributed by atoms with Crippen LogP contribution in [-0.4, -0.2) is 15.1 Å². The lowest BCUT2D eigenvalue weighted by atomic mass is 10.1. The number of aryl methyl sites for hydroxylation is 1. The first-order valence-electron chi connectivity index (χ1n) is 4.32. The highest BCUT2D eigenvalue weighted by molar-refractivity contribution is 9.10. The van der Waals surface area contributed by atoms with Gasteiger partial charge in [-0.3, -0.25) is 10.1 Å². The zero-order chi connectivity index (χ0) is 11.7. The Morgan fingerprint density at radius 1 is 1.50 bits per heavy atom. The van der Waals surface area contributed by atoms with E-state index >= 15 is 0 Å². The highest BCUT2D eigenvalue weighted by Gasteiger charge is 2.14. The molecular formula is C9H6BrN3O3. The maximum Gasteiger partial charge on any atom is 0.270 e. The summed E-state index contributed by atoms with van der Waals surface area (Å²) in [5, 5.41) is 14.2. The molecule has 0 unspecified atom stereocenters. The third-order valence-corrected chi connectivity index (χ3v) is 2.39. The van der Waals surface area contributed by atoms with Crippen molar-refractivity contribution in [3.8, 4) is 11.5 Å².